The average Bonchev–Trinajstić information content (AvgIpc) is 2.57. The predicted molar refractivity (Wildman–Crippen MR) is 101 cm³/mol. The number of likely N-dealkylation sites (N-methyl/N-ethyl adjacent to an activating group) is 1. The predicted octanol–water partition coefficient (Wildman–Crippen LogP) is 1.84. The van der Waals surface area contributed by atoms with E-state index in [0.717, 1.165) is 19.6 Å². The Morgan fingerprint density at radius 2 is 1.84 bits per heavy atom. The Kier molecular flexibility index (Phi) is 8.18. The van der Waals surface area contributed by atoms with Gasteiger partial charge in [0.05, 0.1) is 18.4 Å². The summed E-state index contributed by atoms with van der Waals surface area (Å²) >= 11 is 0. The number of sulfonamides is 1. The molecule has 0 aliphatic heterocycles. The Labute approximate surface area is 150 Å². The number of benzene rings is 1. The lowest BCUT2D eigenvalue weighted by Crippen LogP contribution is -2.35. The smallest absolute Gasteiger partial charge is 0.255 e. The van der Waals surface area contributed by atoms with Gasteiger partial charge in [0.15, 0.2) is 0 Å². The molecule has 1 aromatic carbocycles. The SMILES string of the molecule is CCN(CC)CCNC(=O)c1cc(NS(=O)(=O)CC)cc(C)c1OC. The average molecular weight is 372 g/mol. The van der Waals surface area contributed by atoms with E-state index >= 15 is 0 Å². The number of nitrogens with zero attached hydrogens (tertiary/aromatic N) is 1. The highest BCUT2D eigenvalue weighted by Crippen LogP contribution is 2.28. The summed E-state index contributed by atoms with van der Waals surface area (Å²) < 4.78 is 31.4. The molecule has 0 saturated carbocycles. The molecule has 8 heteroatoms. The largest absolute Gasteiger partial charge is 0.496 e. The van der Waals surface area contributed by atoms with Gasteiger partial charge in [0.2, 0.25) is 10.0 Å². The van der Waals surface area contributed by atoms with Crippen LogP contribution < -0.4 is 14.8 Å². The van der Waals surface area contributed by atoms with Crippen LogP contribution in [0.2, 0.25) is 0 Å². The second-order valence-corrected chi connectivity index (χ2v) is 7.67. The number of carbonyl (C=O) groups excluding carboxylic acids is 1. The molecule has 0 heterocycles. The molecule has 0 spiro atoms. The minimum atomic E-state index is -3.42. The molecule has 25 heavy (non-hydrogen) atoms. The molecule has 1 amide bonds. The number of nitrogens with one attached hydrogen (secondary N) is 2. The third-order valence-electron chi connectivity index (χ3n) is 3.98. The fourth-order valence-electron chi connectivity index (χ4n) is 2.49. The van der Waals surface area contributed by atoms with Gasteiger partial charge < -0.3 is 15.0 Å². The van der Waals surface area contributed by atoms with Crippen molar-refractivity contribution in [2.45, 2.75) is 27.7 Å². The molecular weight excluding hydrogens is 342 g/mol. The van der Waals surface area contributed by atoms with Gasteiger partial charge in [0, 0.05) is 18.8 Å². The van der Waals surface area contributed by atoms with Crippen molar-refractivity contribution in [3.8, 4) is 5.75 Å². The van der Waals surface area contributed by atoms with Gasteiger partial charge in [-0.1, -0.05) is 13.8 Å². The lowest BCUT2D eigenvalue weighted by atomic mass is 10.1. The molecule has 1 rings (SSSR count). The zero-order valence-corrected chi connectivity index (χ0v) is 16.5. The first-order valence-electron chi connectivity index (χ1n) is 8.47. The molecule has 0 aromatic heterocycles. The summed E-state index contributed by atoms with van der Waals surface area (Å²) in [5.41, 5.74) is 1.36. The van der Waals surface area contributed by atoms with Crippen molar-refractivity contribution in [1.82, 2.24) is 10.2 Å². The molecule has 1 aromatic rings. The molecule has 0 fully saturated rings. The van der Waals surface area contributed by atoms with Crippen molar-refractivity contribution in [2.24, 2.45) is 0 Å². The summed E-state index contributed by atoms with van der Waals surface area (Å²) in [6.07, 6.45) is 0. The minimum absolute atomic E-state index is 0.0382. The van der Waals surface area contributed by atoms with Gasteiger partial charge in [-0.2, -0.15) is 0 Å². The van der Waals surface area contributed by atoms with E-state index in [1.165, 1.54) is 13.2 Å². The minimum Gasteiger partial charge on any atom is -0.496 e. The highest BCUT2D eigenvalue weighted by molar-refractivity contribution is 7.92. The first-order valence-corrected chi connectivity index (χ1v) is 10.1. The molecule has 0 aliphatic rings. The number of amides is 1. The van der Waals surface area contributed by atoms with Crippen molar-refractivity contribution in [2.75, 3.05) is 43.8 Å². The molecule has 2 N–H and O–H groups in total. The van der Waals surface area contributed by atoms with Gasteiger partial charge in [-0.25, -0.2) is 8.42 Å². The molecule has 0 bridgehead atoms. The quantitative estimate of drug-likeness (QED) is 0.655. The van der Waals surface area contributed by atoms with Crippen molar-refractivity contribution in [1.29, 1.82) is 0 Å². The maximum atomic E-state index is 12.5. The standard InChI is InChI=1S/C17H29N3O4S/c1-6-20(7-2)10-9-18-17(21)15-12-14(19-25(22,23)8-3)11-13(4)16(15)24-5/h11-12,19H,6-10H2,1-5H3,(H,18,21). The Morgan fingerprint density at radius 3 is 2.36 bits per heavy atom. The van der Waals surface area contributed by atoms with E-state index in [0.29, 0.717) is 29.1 Å². The molecule has 0 unspecified atom stereocenters. The summed E-state index contributed by atoms with van der Waals surface area (Å²) in [5, 5.41) is 2.87. The van der Waals surface area contributed by atoms with Crippen LogP contribution in [-0.4, -0.2) is 58.3 Å². The highest BCUT2D eigenvalue weighted by Gasteiger charge is 2.18. The first kappa shape index (κ1) is 21.2. The second kappa shape index (κ2) is 9.62. The summed E-state index contributed by atoms with van der Waals surface area (Å²) in [6, 6.07) is 3.16. The number of hydrogen-bond acceptors (Lipinski definition) is 5. The molecule has 0 saturated heterocycles. The van der Waals surface area contributed by atoms with Crippen LogP contribution >= 0.6 is 0 Å². The van der Waals surface area contributed by atoms with E-state index in [1.54, 1.807) is 19.9 Å². The van der Waals surface area contributed by atoms with Gasteiger partial charge in [-0.05, 0) is 44.6 Å². The fourth-order valence-corrected chi connectivity index (χ4v) is 3.11. The number of aryl methyl sites for hydroxylation is 1. The third-order valence-corrected chi connectivity index (χ3v) is 5.29. The first-order chi connectivity index (χ1) is 11.8. The summed E-state index contributed by atoms with van der Waals surface area (Å²) in [4.78, 5) is 14.7. The van der Waals surface area contributed by atoms with E-state index in [4.69, 9.17) is 4.74 Å². The number of hydrogen-bond donors (Lipinski definition) is 2. The Morgan fingerprint density at radius 1 is 1.20 bits per heavy atom. The number of rotatable bonds is 10. The van der Waals surface area contributed by atoms with E-state index in [9.17, 15) is 13.2 Å². The van der Waals surface area contributed by atoms with Gasteiger partial charge in [0.1, 0.15) is 5.75 Å². The van der Waals surface area contributed by atoms with E-state index in [1.807, 2.05) is 0 Å². The number of methoxy groups -OCH3 is 1. The molecule has 0 atom stereocenters. The maximum absolute atomic E-state index is 12.5. The van der Waals surface area contributed by atoms with Crippen LogP contribution in [0.3, 0.4) is 0 Å². The van der Waals surface area contributed by atoms with E-state index in [-0.39, 0.29) is 11.7 Å². The van der Waals surface area contributed by atoms with Gasteiger partial charge in [-0.15, -0.1) is 0 Å². The van der Waals surface area contributed by atoms with Crippen LogP contribution in [0.1, 0.15) is 36.7 Å². The normalized spacial score (nSPS) is 11.4. The molecular formula is C17H29N3O4S. The Bertz CT molecular complexity index is 685. The Balaban J connectivity index is 2.99. The number of ether oxygens (including phenoxy) is 1. The highest BCUT2D eigenvalue weighted by atomic mass is 32.2. The monoisotopic (exact) mass is 371 g/mol. The lowest BCUT2D eigenvalue weighted by Gasteiger charge is -2.19. The zero-order chi connectivity index (χ0) is 19.0. The summed E-state index contributed by atoms with van der Waals surface area (Å²) in [5.74, 6) is 0.119. The van der Waals surface area contributed by atoms with E-state index < -0.39 is 10.0 Å². The molecule has 0 aliphatic carbocycles. The van der Waals surface area contributed by atoms with Crippen LogP contribution in [0.4, 0.5) is 5.69 Å². The third kappa shape index (κ3) is 6.21. The van der Waals surface area contributed by atoms with Crippen LogP contribution in [0.25, 0.3) is 0 Å². The van der Waals surface area contributed by atoms with E-state index in [2.05, 4.69) is 28.8 Å². The summed E-state index contributed by atoms with van der Waals surface area (Å²) in [6.45, 7) is 10.6. The molecule has 0 radical (unpaired) electrons. The number of carbonyl (C=O) groups is 1. The van der Waals surface area contributed by atoms with Gasteiger partial charge in [-0.3, -0.25) is 9.52 Å². The van der Waals surface area contributed by atoms with Crippen molar-refractivity contribution < 1.29 is 17.9 Å². The molecule has 142 valence electrons. The molecule has 7 nitrogen and oxygen atoms in total. The van der Waals surface area contributed by atoms with Crippen molar-refractivity contribution >= 4 is 21.6 Å². The zero-order valence-electron chi connectivity index (χ0n) is 15.7. The van der Waals surface area contributed by atoms with Gasteiger partial charge in [0.25, 0.3) is 5.91 Å². The van der Waals surface area contributed by atoms with Crippen molar-refractivity contribution in [3.63, 3.8) is 0 Å². The fraction of sp³-hybridized carbons (Fsp3) is 0.588. The topological polar surface area (TPSA) is 87.7 Å². The lowest BCUT2D eigenvalue weighted by molar-refractivity contribution is 0.0945. The maximum Gasteiger partial charge on any atom is 0.255 e. The van der Waals surface area contributed by atoms with Crippen molar-refractivity contribution in [3.05, 3.63) is 23.3 Å². The van der Waals surface area contributed by atoms with Crippen LogP contribution in [-0.2, 0) is 10.0 Å². The van der Waals surface area contributed by atoms with Gasteiger partial charge >= 0.3 is 0 Å². The Hall–Kier alpha value is -1.80. The summed E-state index contributed by atoms with van der Waals surface area (Å²) in [7, 11) is -1.92. The van der Waals surface area contributed by atoms with Crippen LogP contribution in [0, 0.1) is 6.92 Å². The number of anilines is 1. The van der Waals surface area contributed by atoms with Crippen LogP contribution in [0.5, 0.6) is 5.75 Å². The van der Waals surface area contributed by atoms with Crippen LogP contribution in [0.15, 0.2) is 12.1 Å². The second-order valence-electron chi connectivity index (χ2n) is 5.66.